The van der Waals surface area contributed by atoms with Crippen LogP contribution >= 0.6 is 0 Å². The van der Waals surface area contributed by atoms with Crippen LogP contribution in [0, 0.1) is 5.92 Å². The third-order valence-electron chi connectivity index (χ3n) is 5.46. The van der Waals surface area contributed by atoms with Gasteiger partial charge >= 0.3 is 0 Å². The molecule has 2 aromatic rings. The van der Waals surface area contributed by atoms with E-state index < -0.39 is 0 Å². The number of nitrogens with zero attached hydrogens (tertiary/aromatic N) is 3. The SMILES string of the molecule is CC(=O)c1cc(CN2CC3CC(C2)c2cccc(=O)n2C3)n(C)c1. The van der Waals surface area contributed by atoms with Crippen molar-refractivity contribution in [2.75, 3.05) is 13.1 Å². The van der Waals surface area contributed by atoms with Crippen LogP contribution in [-0.4, -0.2) is 32.9 Å². The van der Waals surface area contributed by atoms with Crippen molar-refractivity contribution in [2.45, 2.75) is 32.4 Å². The summed E-state index contributed by atoms with van der Waals surface area (Å²) in [6.07, 6.45) is 3.09. The van der Waals surface area contributed by atoms with Gasteiger partial charge in [-0.15, -0.1) is 0 Å². The first-order chi connectivity index (χ1) is 11.5. The van der Waals surface area contributed by atoms with Crippen LogP contribution in [0.4, 0.5) is 0 Å². The van der Waals surface area contributed by atoms with E-state index in [-0.39, 0.29) is 11.3 Å². The highest BCUT2D eigenvalue weighted by Crippen LogP contribution is 2.35. The van der Waals surface area contributed by atoms with Crippen molar-refractivity contribution in [3.8, 4) is 0 Å². The number of hydrogen-bond donors (Lipinski definition) is 0. The normalized spacial score (nSPS) is 23.1. The van der Waals surface area contributed by atoms with E-state index in [4.69, 9.17) is 0 Å². The predicted molar refractivity (Wildman–Crippen MR) is 92.2 cm³/mol. The molecule has 2 unspecified atom stereocenters. The molecule has 2 aliphatic rings. The van der Waals surface area contributed by atoms with Gasteiger partial charge < -0.3 is 9.13 Å². The van der Waals surface area contributed by atoms with E-state index in [1.165, 1.54) is 17.8 Å². The zero-order valence-electron chi connectivity index (χ0n) is 14.2. The van der Waals surface area contributed by atoms with Gasteiger partial charge in [0.15, 0.2) is 5.78 Å². The van der Waals surface area contributed by atoms with Crippen LogP contribution in [0.25, 0.3) is 0 Å². The molecule has 24 heavy (non-hydrogen) atoms. The second-order valence-corrected chi connectivity index (χ2v) is 7.28. The molecule has 2 bridgehead atoms. The quantitative estimate of drug-likeness (QED) is 0.811. The Labute approximate surface area is 141 Å². The molecule has 0 radical (unpaired) electrons. The summed E-state index contributed by atoms with van der Waals surface area (Å²) >= 11 is 0. The number of Topliss-reactive ketones (excluding diaryl/α,β-unsaturated/α-hetero) is 1. The lowest BCUT2D eigenvalue weighted by Gasteiger charge is -2.42. The Morgan fingerprint density at radius 3 is 2.83 bits per heavy atom. The van der Waals surface area contributed by atoms with Gasteiger partial charge in [-0.2, -0.15) is 0 Å². The molecule has 2 atom stereocenters. The van der Waals surface area contributed by atoms with Gasteiger partial charge in [0.2, 0.25) is 0 Å². The monoisotopic (exact) mass is 325 g/mol. The van der Waals surface area contributed by atoms with Crippen LogP contribution in [0.15, 0.2) is 35.3 Å². The van der Waals surface area contributed by atoms with E-state index >= 15 is 0 Å². The third kappa shape index (κ3) is 2.63. The zero-order chi connectivity index (χ0) is 16.8. The Balaban J connectivity index is 1.56. The smallest absolute Gasteiger partial charge is 0.250 e. The van der Waals surface area contributed by atoms with E-state index in [9.17, 15) is 9.59 Å². The molecule has 5 heteroatoms. The van der Waals surface area contributed by atoms with Crippen LogP contribution in [0.3, 0.4) is 0 Å². The van der Waals surface area contributed by atoms with Crippen molar-refractivity contribution in [1.82, 2.24) is 14.0 Å². The highest BCUT2D eigenvalue weighted by atomic mass is 16.1. The summed E-state index contributed by atoms with van der Waals surface area (Å²) in [4.78, 5) is 26.1. The molecule has 0 N–H and O–H groups in total. The van der Waals surface area contributed by atoms with E-state index in [1.54, 1.807) is 13.0 Å². The summed E-state index contributed by atoms with van der Waals surface area (Å²) in [6.45, 7) is 5.28. The molecule has 0 aliphatic carbocycles. The largest absolute Gasteiger partial charge is 0.353 e. The minimum atomic E-state index is 0.112. The van der Waals surface area contributed by atoms with Crippen molar-refractivity contribution in [3.05, 3.63) is 57.8 Å². The highest BCUT2D eigenvalue weighted by molar-refractivity contribution is 5.94. The fraction of sp³-hybridized carbons (Fsp3) is 0.474. The second kappa shape index (κ2) is 5.74. The summed E-state index contributed by atoms with van der Waals surface area (Å²) in [5, 5.41) is 0. The Morgan fingerprint density at radius 2 is 2.08 bits per heavy atom. The van der Waals surface area contributed by atoms with Crippen LogP contribution in [0.1, 0.15) is 41.0 Å². The van der Waals surface area contributed by atoms with Crippen molar-refractivity contribution >= 4 is 5.78 Å². The summed E-state index contributed by atoms with van der Waals surface area (Å²) < 4.78 is 4.02. The molecule has 1 fully saturated rings. The molecule has 5 nitrogen and oxygen atoms in total. The lowest BCUT2D eigenvalue weighted by atomic mass is 9.83. The number of fused-ring (bicyclic) bond motifs is 4. The number of piperidine rings is 1. The second-order valence-electron chi connectivity index (χ2n) is 7.28. The lowest BCUT2D eigenvalue weighted by molar-refractivity contribution is 0.101. The maximum absolute atomic E-state index is 12.1. The van der Waals surface area contributed by atoms with E-state index in [0.29, 0.717) is 11.8 Å². The van der Waals surface area contributed by atoms with Crippen LogP contribution < -0.4 is 5.56 Å². The van der Waals surface area contributed by atoms with Crippen molar-refractivity contribution in [1.29, 1.82) is 0 Å². The topological polar surface area (TPSA) is 47.2 Å². The van der Waals surface area contributed by atoms with Crippen molar-refractivity contribution < 1.29 is 4.79 Å². The molecule has 0 aromatic carbocycles. The van der Waals surface area contributed by atoms with Crippen LogP contribution in [-0.2, 0) is 20.1 Å². The molecule has 2 aliphatic heterocycles. The van der Waals surface area contributed by atoms with Crippen LogP contribution in [0.2, 0.25) is 0 Å². The highest BCUT2D eigenvalue weighted by Gasteiger charge is 2.34. The van der Waals surface area contributed by atoms with Gasteiger partial charge in [0.25, 0.3) is 5.56 Å². The number of pyridine rings is 1. The number of hydrogen-bond acceptors (Lipinski definition) is 3. The number of aryl methyl sites for hydroxylation is 1. The molecule has 0 saturated carbocycles. The number of rotatable bonds is 3. The van der Waals surface area contributed by atoms with Gasteiger partial charge in [-0.3, -0.25) is 14.5 Å². The first kappa shape index (κ1) is 15.4. The maximum Gasteiger partial charge on any atom is 0.250 e. The number of carbonyl (C=O) groups excluding carboxylic acids is 1. The maximum atomic E-state index is 12.1. The lowest BCUT2D eigenvalue weighted by Crippen LogP contribution is -2.46. The first-order valence-corrected chi connectivity index (χ1v) is 8.59. The number of aromatic nitrogens is 2. The molecule has 1 saturated heterocycles. The molecule has 0 spiro atoms. The molecular formula is C19H23N3O2. The van der Waals surface area contributed by atoms with Gasteiger partial charge in [0.1, 0.15) is 0 Å². The summed E-state index contributed by atoms with van der Waals surface area (Å²) in [5.74, 6) is 1.07. The first-order valence-electron chi connectivity index (χ1n) is 8.59. The molecule has 0 amide bonds. The fourth-order valence-electron chi connectivity index (χ4n) is 4.31. The molecule has 4 heterocycles. The summed E-state index contributed by atoms with van der Waals surface area (Å²) in [5.41, 5.74) is 3.26. The van der Waals surface area contributed by atoms with Gasteiger partial charge in [0, 0.05) is 68.4 Å². The Bertz CT molecular complexity index is 849. The summed E-state index contributed by atoms with van der Waals surface area (Å²) in [6, 6.07) is 7.65. The van der Waals surface area contributed by atoms with E-state index in [2.05, 4.69) is 15.5 Å². The van der Waals surface area contributed by atoms with Crippen molar-refractivity contribution in [2.24, 2.45) is 13.0 Å². The van der Waals surface area contributed by atoms with Gasteiger partial charge in [-0.05, 0) is 31.4 Å². The average Bonchev–Trinajstić information content (AvgIpc) is 2.90. The zero-order valence-corrected chi connectivity index (χ0v) is 14.2. The van der Waals surface area contributed by atoms with Gasteiger partial charge in [-0.25, -0.2) is 0 Å². The third-order valence-corrected chi connectivity index (χ3v) is 5.46. The molecular weight excluding hydrogens is 302 g/mol. The van der Waals surface area contributed by atoms with Gasteiger partial charge in [0.05, 0.1) is 0 Å². The average molecular weight is 325 g/mol. The molecule has 2 aromatic heterocycles. The number of likely N-dealkylation sites (tertiary alicyclic amines) is 1. The van der Waals surface area contributed by atoms with Gasteiger partial charge in [-0.1, -0.05) is 6.07 Å². The van der Waals surface area contributed by atoms with E-state index in [0.717, 1.165) is 31.7 Å². The van der Waals surface area contributed by atoms with Crippen molar-refractivity contribution in [3.63, 3.8) is 0 Å². The summed E-state index contributed by atoms with van der Waals surface area (Å²) in [7, 11) is 2.00. The minimum Gasteiger partial charge on any atom is -0.353 e. The standard InChI is InChI=1S/C19H23N3O2/c1-13(23)15-7-17(20(2)10-15)12-21-8-14-6-16(11-21)18-4-3-5-19(24)22(18)9-14/h3-5,7,10,14,16H,6,8-9,11-12H2,1-2H3. The Kier molecular flexibility index (Phi) is 3.68. The minimum absolute atomic E-state index is 0.112. The Morgan fingerprint density at radius 1 is 1.25 bits per heavy atom. The number of carbonyl (C=O) groups is 1. The number of ketones is 1. The Hall–Kier alpha value is -2.14. The molecule has 126 valence electrons. The fourth-order valence-corrected chi connectivity index (χ4v) is 4.31. The van der Waals surface area contributed by atoms with Crippen LogP contribution in [0.5, 0.6) is 0 Å². The van der Waals surface area contributed by atoms with E-state index in [1.807, 2.05) is 29.9 Å². The predicted octanol–water partition coefficient (Wildman–Crippen LogP) is 2.01. The molecule has 4 rings (SSSR count).